The summed E-state index contributed by atoms with van der Waals surface area (Å²) in [4.78, 5) is 15.1. The molecule has 0 aromatic heterocycles. The van der Waals surface area contributed by atoms with E-state index in [1.165, 1.54) is 12.8 Å². The molecule has 4 rings (SSSR count). The summed E-state index contributed by atoms with van der Waals surface area (Å²) < 4.78 is 11.3. The molecule has 1 fully saturated rings. The Morgan fingerprint density at radius 1 is 1.04 bits per heavy atom. The molecule has 1 N–H and O–H groups in total. The molecule has 2 aliphatic heterocycles. The molecule has 2 aromatic rings. The molecule has 2 heterocycles. The van der Waals surface area contributed by atoms with Crippen LogP contribution in [0.15, 0.2) is 36.4 Å². The van der Waals surface area contributed by atoms with Crippen molar-refractivity contribution in [3.05, 3.63) is 47.0 Å². The van der Waals surface area contributed by atoms with Gasteiger partial charge in [0.15, 0.2) is 11.5 Å². The van der Waals surface area contributed by atoms with E-state index in [-0.39, 0.29) is 5.91 Å². The normalized spacial score (nSPS) is 16.3. The molecule has 2 aromatic carbocycles. The van der Waals surface area contributed by atoms with Gasteiger partial charge in [-0.25, -0.2) is 0 Å². The molecule has 2 aliphatic rings. The van der Waals surface area contributed by atoms with Gasteiger partial charge in [-0.1, -0.05) is 23.7 Å². The van der Waals surface area contributed by atoms with Gasteiger partial charge in [-0.15, -0.1) is 0 Å². The maximum Gasteiger partial charge on any atom is 0.255 e. The van der Waals surface area contributed by atoms with Gasteiger partial charge < -0.3 is 19.7 Å². The van der Waals surface area contributed by atoms with E-state index in [0.717, 1.165) is 30.9 Å². The fraction of sp³-hybridized carbons (Fsp3) is 0.350. The Bertz CT molecular complexity index is 819. The second-order valence-corrected chi connectivity index (χ2v) is 6.91. The Labute approximate surface area is 157 Å². The topological polar surface area (TPSA) is 50.8 Å². The molecule has 26 heavy (non-hydrogen) atoms. The van der Waals surface area contributed by atoms with Crippen LogP contribution in [-0.4, -0.2) is 32.2 Å². The SMILES string of the molecule is O=C(Nc1ccccc1N1CCCC1)c1cc(Cl)c2c(c1)OCCCO2. The van der Waals surface area contributed by atoms with Crippen molar-refractivity contribution in [3.63, 3.8) is 0 Å². The van der Waals surface area contributed by atoms with Gasteiger partial charge in [-0.3, -0.25) is 4.79 Å². The first-order valence-corrected chi connectivity index (χ1v) is 9.34. The molecule has 1 amide bonds. The van der Waals surface area contributed by atoms with Crippen LogP contribution >= 0.6 is 11.6 Å². The van der Waals surface area contributed by atoms with E-state index in [1.807, 2.05) is 24.3 Å². The summed E-state index contributed by atoms with van der Waals surface area (Å²) in [6, 6.07) is 11.2. The Morgan fingerprint density at radius 2 is 1.81 bits per heavy atom. The van der Waals surface area contributed by atoms with Gasteiger partial charge in [0.05, 0.1) is 29.6 Å². The highest BCUT2D eigenvalue weighted by Crippen LogP contribution is 2.38. The molecule has 5 nitrogen and oxygen atoms in total. The number of carbonyl (C=O) groups is 1. The molecule has 1 saturated heterocycles. The van der Waals surface area contributed by atoms with E-state index in [0.29, 0.717) is 35.3 Å². The van der Waals surface area contributed by atoms with Crippen LogP contribution in [0.4, 0.5) is 11.4 Å². The number of nitrogens with zero attached hydrogens (tertiary/aromatic N) is 1. The van der Waals surface area contributed by atoms with Gasteiger partial charge in [-0.2, -0.15) is 0 Å². The summed E-state index contributed by atoms with van der Waals surface area (Å²) in [5.74, 6) is 0.820. The number of halogens is 1. The number of anilines is 2. The van der Waals surface area contributed by atoms with Crippen molar-refractivity contribution in [3.8, 4) is 11.5 Å². The molecule has 0 spiro atoms. The number of benzene rings is 2. The van der Waals surface area contributed by atoms with Crippen molar-refractivity contribution in [2.45, 2.75) is 19.3 Å². The zero-order valence-electron chi connectivity index (χ0n) is 14.5. The number of carbonyl (C=O) groups excluding carboxylic acids is 1. The minimum Gasteiger partial charge on any atom is -0.489 e. The van der Waals surface area contributed by atoms with E-state index in [2.05, 4.69) is 10.2 Å². The Kier molecular flexibility index (Phi) is 4.89. The van der Waals surface area contributed by atoms with Crippen molar-refractivity contribution >= 4 is 28.9 Å². The monoisotopic (exact) mass is 372 g/mol. The smallest absolute Gasteiger partial charge is 0.255 e. The van der Waals surface area contributed by atoms with Gasteiger partial charge >= 0.3 is 0 Å². The number of ether oxygens (including phenoxy) is 2. The number of para-hydroxylation sites is 2. The molecular weight excluding hydrogens is 352 g/mol. The average molecular weight is 373 g/mol. The van der Waals surface area contributed by atoms with Crippen LogP contribution in [0.2, 0.25) is 5.02 Å². The summed E-state index contributed by atoms with van der Waals surface area (Å²) in [5.41, 5.74) is 2.32. The minimum absolute atomic E-state index is 0.214. The maximum absolute atomic E-state index is 12.8. The number of nitrogens with one attached hydrogen (secondary N) is 1. The molecule has 6 heteroatoms. The zero-order valence-corrected chi connectivity index (χ0v) is 15.2. The summed E-state index contributed by atoms with van der Waals surface area (Å²) in [6.07, 6.45) is 3.15. The average Bonchev–Trinajstić information content (AvgIpc) is 3.07. The second-order valence-electron chi connectivity index (χ2n) is 6.50. The van der Waals surface area contributed by atoms with E-state index < -0.39 is 0 Å². The lowest BCUT2D eigenvalue weighted by Crippen LogP contribution is -2.21. The predicted octanol–water partition coefficient (Wildman–Crippen LogP) is 4.35. The molecule has 0 bridgehead atoms. The van der Waals surface area contributed by atoms with Crippen molar-refractivity contribution in [2.24, 2.45) is 0 Å². The quantitative estimate of drug-likeness (QED) is 0.870. The maximum atomic E-state index is 12.8. The van der Waals surface area contributed by atoms with Gasteiger partial charge in [0.2, 0.25) is 0 Å². The Hall–Kier alpha value is -2.40. The first-order valence-electron chi connectivity index (χ1n) is 8.97. The number of rotatable bonds is 3. The molecule has 0 unspecified atom stereocenters. The van der Waals surface area contributed by atoms with Crippen molar-refractivity contribution in [1.82, 2.24) is 0 Å². The van der Waals surface area contributed by atoms with Crippen LogP contribution in [0.1, 0.15) is 29.6 Å². The van der Waals surface area contributed by atoms with E-state index in [1.54, 1.807) is 12.1 Å². The third-order valence-electron chi connectivity index (χ3n) is 4.66. The molecule has 0 radical (unpaired) electrons. The first kappa shape index (κ1) is 17.0. The lowest BCUT2D eigenvalue weighted by Gasteiger charge is -2.21. The van der Waals surface area contributed by atoms with Crippen LogP contribution in [-0.2, 0) is 0 Å². The lowest BCUT2D eigenvalue weighted by atomic mass is 10.1. The highest BCUT2D eigenvalue weighted by atomic mass is 35.5. The van der Waals surface area contributed by atoms with Gasteiger partial charge in [0.25, 0.3) is 5.91 Å². The summed E-state index contributed by atoms with van der Waals surface area (Å²) in [5, 5.41) is 3.41. The highest BCUT2D eigenvalue weighted by Gasteiger charge is 2.20. The molecule has 0 saturated carbocycles. The number of fused-ring (bicyclic) bond motifs is 1. The lowest BCUT2D eigenvalue weighted by molar-refractivity contribution is 0.102. The summed E-state index contributed by atoms with van der Waals surface area (Å²) in [6.45, 7) is 3.14. The van der Waals surface area contributed by atoms with Crippen molar-refractivity contribution in [2.75, 3.05) is 36.5 Å². The van der Waals surface area contributed by atoms with Crippen molar-refractivity contribution < 1.29 is 14.3 Å². The Morgan fingerprint density at radius 3 is 2.65 bits per heavy atom. The van der Waals surface area contributed by atoms with Crippen LogP contribution in [0.3, 0.4) is 0 Å². The fourth-order valence-electron chi connectivity index (χ4n) is 3.37. The van der Waals surface area contributed by atoms with Crippen LogP contribution in [0.25, 0.3) is 0 Å². The summed E-state index contributed by atoms with van der Waals surface area (Å²) >= 11 is 6.31. The van der Waals surface area contributed by atoms with Crippen LogP contribution in [0, 0.1) is 0 Å². The fourth-order valence-corrected chi connectivity index (χ4v) is 3.63. The largest absolute Gasteiger partial charge is 0.489 e. The number of hydrogen-bond acceptors (Lipinski definition) is 4. The first-order chi connectivity index (χ1) is 12.7. The number of amides is 1. The van der Waals surface area contributed by atoms with Gasteiger partial charge in [-0.05, 0) is 37.1 Å². The standard InChI is InChI=1S/C20H21ClN2O3/c21-15-12-14(13-18-19(15)26-11-5-10-25-18)20(24)22-16-6-1-2-7-17(16)23-8-3-4-9-23/h1-2,6-7,12-13H,3-5,8-11H2,(H,22,24). The van der Waals surface area contributed by atoms with E-state index in [4.69, 9.17) is 21.1 Å². The molecular formula is C20H21ClN2O3. The second kappa shape index (κ2) is 7.46. The van der Waals surface area contributed by atoms with Crippen LogP contribution in [0.5, 0.6) is 11.5 Å². The van der Waals surface area contributed by atoms with Gasteiger partial charge in [0.1, 0.15) is 0 Å². The minimum atomic E-state index is -0.214. The Balaban J connectivity index is 1.59. The van der Waals surface area contributed by atoms with E-state index in [9.17, 15) is 4.79 Å². The zero-order chi connectivity index (χ0) is 17.9. The van der Waals surface area contributed by atoms with Crippen molar-refractivity contribution in [1.29, 1.82) is 0 Å². The highest BCUT2D eigenvalue weighted by molar-refractivity contribution is 6.32. The molecule has 0 aliphatic carbocycles. The van der Waals surface area contributed by atoms with Gasteiger partial charge in [0, 0.05) is 25.1 Å². The predicted molar refractivity (Wildman–Crippen MR) is 103 cm³/mol. The third kappa shape index (κ3) is 3.44. The van der Waals surface area contributed by atoms with Crippen LogP contribution < -0.4 is 19.7 Å². The van der Waals surface area contributed by atoms with E-state index >= 15 is 0 Å². The third-order valence-corrected chi connectivity index (χ3v) is 4.94. The summed E-state index contributed by atoms with van der Waals surface area (Å²) in [7, 11) is 0. The molecule has 136 valence electrons. The number of hydrogen-bond donors (Lipinski definition) is 1. The molecule has 0 atom stereocenters.